The van der Waals surface area contributed by atoms with Crippen molar-refractivity contribution in [1.82, 2.24) is 0 Å². The molecule has 8 heavy (non-hydrogen) atoms. The summed E-state index contributed by atoms with van der Waals surface area (Å²) in [5, 5.41) is 0. The molecule has 0 nitrogen and oxygen atoms in total. The highest BCUT2D eigenvalue weighted by Gasteiger charge is 1.91. The average molecular weight is 150 g/mol. The van der Waals surface area contributed by atoms with Gasteiger partial charge < -0.3 is 0 Å². The fraction of sp³-hybridized carbons (Fsp3) is 1.00. The molecule has 0 radical (unpaired) electrons. The maximum Gasteiger partial charge on any atom is 0.00345 e. The maximum absolute atomic E-state index is 4.04. The fourth-order valence-electron chi connectivity index (χ4n) is 0.556. The zero-order valence-electron chi connectivity index (χ0n) is 5.55. The Morgan fingerprint density at radius 3 is 2.50 bits per heavy atom. The molecule has 0 aromatic carbocycles. The standard InChI is InChI=1S/C6H14S2/c1-6(2)4-3-5-8-7/h6-7H,3-5H2,1-2H3. The summed E-state index contributed by atoms with van der Waals surface area (Å²) in [6.45, 7) is 4.51. The molecule has 0 saturated heterocycles. The number of hydrogen-bond acceptors (Lipinski definition) is 2. The van der Waals surface area contributed by atoms with Crippen LogP contribution in [0.4, 0.5) is 0 Å². The molecule has 0 aromatic heterocycles. The first-order valence-corrected chi connectivity index (χ1v) is 5.07. The molecule has 0 amide bonds. The van der Waals surface area contributed by atoms with E-state index in [-0.39, 0.29) is 0 Å². The quantitative estimate of drug-likeness (QED) is 0.365. The number of hydrogen-bond donors (Lipinski definition) is 1. The molecule has 0 bridgehead atoms. The Balaban J connectivity index is 2.72. The molecule has 0 aromatic rings. The van der Waals surface area contributed by atoms with E-state index in [0.29, 0.717) is 0 Å². The van der Waals surface area contributed by atoms with Crippen LogP contribution in [0, 0.1) is 5.92 Å². The van der Waals surface area contributed by atoms with Crippen LogP contribution < -0.4 is 0 Å². The second kappa shape index (κ2) is 5.83. The van der Waals surface area contributed by atoms with Gasteiger partial charge in [-0.3, -0.25) is 0 Å². The molecule has 0 unspecified atom stereocenters. The Hall–Kier alpha value is 0.700. The van der Waals surface area contributed by atoms with Crippen molar-refractivity contribution < 1.29 is 0 Å². The lowest BCUT2D eigenvalue weighted by atomic mass is 10.1. The van der Waals surface area contributed by atoms with E-state index in [4.69, 9.17) is 0 Å². The van der Waals surface area contributed by atoms with Crippen LogP contribution in [0.5, 0.6) is 0 Å². The first-order valence-electron chi connectivity index (χ1n) is 3.03. The van der Waals surface area contributed by atoms with E-state index < -0.39 is 0 Å². The van der Waals surface area contributed by atoms with Crippen molar-refractivity contribution in [2.24, 2.45) is 5.92 Å². The summed E-state index contributed by atoms with van der Waals surface area (Å²) in [6.07, 6.45) is 2.65. The van der Waals surface area contributed by atoms with Gasteiger partial charge in [0.25, 0.3) is 0 Å². The second-order valence-corrected chi connectivity index (χ2v) is 3.81. The van der Waals surface area contributed by atoms with Gasteiger partial charge in [-0.1, -0.05) is 31.1 Å². The highest BCUT2D eigenvalue weighted by Crippen LogP contribution is 2.11. The van der Waals surface area contributed by atoms with E-state index in [2.05, 4.69) is 25.5 Å². The largest absolute Gasteiger partial charge is 0.111 e. The first-order chi connectivity index (χ1) is 3.77. The summed E-state index contributed by atoms with van der Waals surface area (Å²) in [7, 11) is 1.64. The van der Waals surface area contributed by atoms with Crippen LogP contribution in [0.15, 0.2) is 0 Å². The van der Waals surface area contributed by atoms with Gasteiger partial charge in [0, 0.05) is 5.75 Å². The van der Waals surface area contributed by atoms with Crippen molar-refractivity contribution in [3.8, 4) is 0 Å². The summed E-state index contributed by atoms with van der Waals surface area (Å²) < 4.78 is 0. The van der Waals surface area contributed by atoms with Gasteiger partial charge in [-0.25, -0.2) is 0 Å². The van der Waals surface area contributed by atoms with Crippen LogP contribution in [0.1, 0.15) is 26.7 Å². The highest BCUT2D eigenvalue weighted by atomic mass is 33.1. The van der Waals surface area contributed by atoms with Crippen LogP contribution in [0.3, 0.4) is 0 Å². The van der Waals surface area contributed by atoms with E-state index in [9.17, 15) is 0 Å². The lowest BCUT2D eigenvalue weighted by Gasteiger charge is -2.00. The molecule has 0 N–H and O–H groups in total. The zero-order chi connectivity index (χ0) is 6.41. The predicted octanol–water partition coefficient (Wildman–Crippen LogP) is 3.00. The van der Waals surface area contributed by atoms with Crippen molar-refractivity contribution in [2.75, 3.05) is 5.75 Å². The summed E-state index contributed by atoms with van der Waals surface area (Å²) in [5.41, 5.74) is 0. The van der Waals surface area contributed by atoms with E-state index in [1.54, 1.807) is 10.8 Å². The topological polar surface area (TPSA) is 0 Å². The van der Waals surface area contributed by atoms with Crippen LogP contribution in [-0.2, 0) is 0 Å². The summed E-state index contributed by atoms with van der Waals surface area (Å²) >= 11 is 4.04. The van der Waals surface area contributed by atoms with Crippen LogP contribution in [0.2, 0.25) is 0 Å². The number of rotatable bonds is 4. The lowest BCUT2D eigenvalue weighted by molar-refractivity contribution is 0.579. The van der Waals surface area contributed by atoms with Gasteiger partial charge in [0.05, 0.1) is 0 Å². The van der Waals surface area contributed by atoms with Crippen molar-refractivity contribution in [3.63, 3.8) is 0 Å². The van der Waals surface area contributed by atoms with E-state index in [1.165, 1.54) is 18.6 Å². The van der Waals surface area contributed by atoms with E-state index in [1.807, 2.05) is 0 Å². The molecule has 0 aliphatic rings. The lowest BCUT2D eigenvalue weighted by Crippen LogP contribution is -1.86. The first kappa shape index (κ1) is 8.70. The van der Waals surface area contributed by atoms with Crippen molar-refractivity contribution in [2.45, 2.75) is 26.7 Å². The second-order valence-electron chi connectivity index (χ2n) is 2.37. The molecule has 0 fully saturated rings. The van der Waals surface area contributed by atoms with Gasteiger partial charge in [-0.2, -0.15) is 0 Å². The fourth-order valence-corrected chi connectivity index (χ4v) is 1.24. The highest BCUT2D eigenvalue weighted by molar-refractivity contribution is 8.68. The SMILES string of the molecule is CC(C)CCCSS. The third-order valence-electron chi connectivity index (χ3n) is 1.02. The predicted molar refractivity (Wildman–Crippen MR) is 45.5 cm³/mol. The minimum absolute atomic E-state index is 0.857. The Labute approximate surface area is 61.2 Å². The summed E-state index contributed by atoms with van der Waals surface area (Å²) in [5.74, 6) is 2.05. The van der Waals surface area contributed by atoms with Gasteiger partial charge in [0.1, 0.15) is 0 Å². The van der Waals surface area contributed by atoms with Gasteiger partial charge in [0.15, 0.2) is 0 Å². The van der Waals surface area contributed by atoms with E-state index >= 15 is 0 Å². The third-order valence-corrected chi connectivity index (χ3v) is 2.04. The summed E-state index contributed by atoms with van der Waals surface area (Å²) in [4.78, 5) is 0. The van der Waals surface area contributed by atoms with Crippen molar-refractivity contribution in [3.05, 3.63) is 0 Å². The molecule has 0 atom stereocenters. The molecular formula is C6H14S2. The molecule has 2 heteroatoms. The minimum atomic E-state index is 0.857. The van der Waals surface area contributed by atoms with Crippen LogP contribution in [0.25, 0.3) is 0 Å². The molecular weight excluding hydrogens is 136 g/mol. The average Bonchev–Trinajstić information content (AvgIpc) is 1.66. The van der Waals surface area contributed by atoms with Gasteiger partial charge in [-0.05, 0) is 12.3 Å². The number of thiol groups is 1. The third kappa shape index (κ3) is 6.70. The van der Waals surface area contributed by atoms with Crippen molar-refractivity contribution in [1.29, 1.82) is 0 Å². The smallest absolute Gasteiger partial charge is 0.00345 e. The monoisotopic (exact) mass is 150 g/mol. The molecule has 50 valence electrons. The van der Waals surface area contributed by atoms with E-state index in [0.717, 1.165) is 5.92 Å². The Morgan fingerprint density at radius 1 is 1.50 bits per heavy atom. The molecule has 0 aliphatic carbocycles. The Bertz CT molecular complexity index is 43.8. The van der Waals surface area contributed by atoms with Crippen LogP contribution in [-0.4, -0.2) is 5.75 Å². The van der Waals surface area contributed by atoms with Gasteiger partial charge >= 0.3 is 0 Å². The van der Waals surface area contributed by atoms with Crippen LogP contribution >= 0.6 is 22.5 Å². The molecule has 0 rings (SSSR count). The Morgan fingerprint density at radius 2 is 2.12 bits per heavy atom. The molecule has 0 spiro atoms. The zero-order valence-corrected chi connectivity index (χ0v) is 7.27. The van der Waals surface area contributed by atoms with Crippen molar-refractivity contribution >= 4 is 22.5 Å². The van der Waals surface area contributed by atoms with Gasteiger partial charge in [-0.15, -0.1) is 11.7 Å². The minimum Gasteiger partial charge on any atom is -0.111 e. The maximum atomic E-state index is 4.04. The van der Waals surface area contributed by atoms with Gasteiger partial charge in [0.2, 0.25) is 0 Å². The molecule has 0 heterocycles. The summed E-state index contributed by atoms with van der Waals surface area (Å²) in [6, 6.07) is 0. The molecule has 0 aliphatic heterocycles. The normalized spacial score (nSPS) is 10.5. The Kier molecular flexibility index (Phi) is 6.34. The molecule has 0 saturated carbocycles.